The largest absolute Gasteiger partial charge is 0.370 e. The number of aromatic nitrogens is 1. The summed E-state index contributed by atoms with van der Waals surface area (Å²) in [5.41, 5.74) is 1.99. The first-order valence-corrected chi connectivity index (χ1v) is 8.44. The van der Waals surface area contributed by atoms with Gasteiger partial charge in [-0.3, -0.25) is 4.79 Å². The molecule has 0 spiro atoms. The van der Waals surface area contributed by atoms with Crippen LogP contribution in [0.5, 0.6) is 0 Å². The zero-order chi connectivity index (χ0) is 15.6. The van der Waals surface area contributed by atoms with Crippen LogP contribution in [0.15, 0.2) is 54.6 Å². The molecule has 1 aromatic heterocycles. The highest BCUT2D eigenvalue weighted by molar-refractivity contribution is 7.20. The third-order valence-corrected chi connectivity index (χ3v) is 5.03. The molecule has 5 heteroatoms. The fourth-order valence-electron chi connectivity index (χ4n) is 2.80. The Kier molecular flexibility index (Phi) is 3.81. The third kappa shape index (κ3) is 2.85. The van der Waals surface area contributed by atoms with Gasteiger partial charge in [-0.2, -0.15) is 0 Å². The fourth-order valence-corrected chi connectivity index (χ4v) is 3.74. The van der Waals surface area contributed by atoms with Crippen molar-refractivity contribution in [3.63, 3.8) is 0 Å². The van der Waals surface area contributed by atoms with Crippen molar-refractivity contribution in [3.05, 3.63) is 65.2 Å². The Morgan fingerprint density at radius 3 is 2.74 bits per heavy atom. The van der Waals surface area contributed by atoms with Gasteiger partial charge in [0.2, 0.25) is 0 Å². The minimum atomic E-state index is -0.0664. The van der Waals surface area contributed by atoms with Crippen LogP contribution in [0.4, 0.5) is 0 Å². The summed E-state index contributed by atoms with van der Waals surface area (Å²) in [6, 6.07) is 17.9. The van der Waals surface area contributed by atoms with Gasteiger partial charge in [0.05, 0.1) is 23.4 Å². The molecule has 3 aromatic rings. The van der Waals surface area contributed by atoms with E-state index >= 15 is 0 Å². The van der Waals surface area contributed by atoms with Crippen molar-refractivity contribution in [2.24, 2.45) is 0 Å². The number of para-hydroxylation sites is 1. The van der Waals surface area contributed by atoms with E-state index in [9.17, 15) is 4.79 Å². The minimum Gasteiger partial charge on any atom is -0.370 e. The molecule has 0 radical (unpaired) electrons. The van der Waals surface area contributed by atoms with Gasteiger partial charge in [0.1, 0.15) is 6.10 Å². The molecule has 0 aliphatic carbocycles. The molecule has 1 atom stereocenters. The summed E-state index contributed by atoms with van der Waals surface area (Å²) >= 11 is 1.45. The molecule has 0 N–H and O–H groups in total. The molecule has 1 aliphatic rings. The lowest BCUT2D eigenvalue weighted by Crippen LogP contribution is -2.42. The normalized spacial score (nSPS) is 18.3. The van der Waals surface area contributed by atoms with Crippen LogP contribution in [0, 0.1) is 0 Å². The van der Waals surface area contributed by atoms with E-state index in [2.05, 4.69) is 4.98 Å². The van der Waals surface area contributed by atoms with Crippen molar-refractivity contribution in [3.8, 4) is 0 Å². The Bertz CT molecular complexity index is 798. The van der Waals surface area contributed by atoms with Gasteiger partial charge in [-0.15, -0.1) is 11.3 Å². The molecule has 23 heavy (non-hydrogen) atoms. The smallest absolute Gasteiger partial charge is 0.283 e. The predicted molar refractivity (Wildman–Crippen MR) is 90.7 cm³/mol. The number of amides is 1. The average Bonchev–Trinajstić information content (AvgIpc) is 3.06. The monoisotopic (exact) mass is 324 g/mol. The van der Waals surface area contributed by atoms with Gasteiger partial charge in [-0.25, -0.2) is 4.98 Å². The molecule has 2 aromatic carbocycles. The van der Waals surface area contributed by atoms with Crippen LogP contribution in [0.2, 0.25) is 0 Å². The van der Waals surface area contributed by atoms with Crippen molar-refractivity contribution >= 4 is 27.5 Å². The Hall–Kier alpha value is -2.24. The Labute approximate surface area is 138 Å². The molecule has 4 rings (SSSR count). The Morgan fingerprint density at radius 2 is 1.91 bits per heavy atom. The van der Waals surface area contributed by atoms with Crippen LogP contribution in [0.1, 0.15) is 21.5 Å². The standard InChI is InChI=1S/C18H16N2O2S/c21-18(17-19-14-8-4-5-9-16(14)23-17)20-10-11-22-15(12-20)13-6-2-1-3-7-13/h1-9,15H,10-12H2. The summed E-state index contributed by atoms with van der Waals surface area (Å²) < 4.78 is 6.87. The summed E-state index contributed by atoms with van der Waals surface area (Å²) in [6.07, 6.45) is -0.0664. The van der Waals surface area contributed by atoms with E-state index < -0.39 is 0 Å². The summed E-state index contributed by atoms with van der Waals surface area (Å²) in [5.74, 6) is -0.00423. The van der Waals surface area contributed by atoms with Crippen molar-refractivity contribution < 1.29 is 9.53 Å². The minimum absolute atomic E-state index is 0.00423. The number of carbonyl (C=O) groups is 1. The van der Waals surface area contributed by atoms with Crippen LogP contribution in [0.3, 0.4) is 0 Å². The quantitative estimate of drug-likeness (QED) is 0.724. The van der Waals surface area contributed by atoms with Crippen LogP contribution in [-0.2, 0) is 4.74 Å². The van der Waals surface area contributed by atoms with Gasteiger partial charge >= 0.3 is 0 Å². The maximum atomic E-state index is 12.8. The van der Waals surface area contributed by atoms with E-state index in [1.807, 2.05) is 59.5 Å². The van der Waals surface area contributed by atoms with Crippen molar-refractivity contribution in [1.82, 2.24) is 9.88 Å². The van der Waals surface area contributed by atoms with E-state index in [1.165, 1.54) is 11.3 Å². The average molecular weight is 324 g/mol. The number of hydrogen-bond donors (Lipinski definition) is 0. The second kappa shape index (κ2) is 6.10. The first kappa shape index (κ1) is 14.4. The van der Waals surface area contributed by atoms with Crippen molar-refractivity contribution in [2.75, 3.05) is 19.7 Å². The maximum absolute atomic E-state index is 12.8. The zero-order valence-corrected chi connectivity index (χ0v) is 13.3. The molecule has 1 amide bonds. The van der Waals surface area contributed by atoms with Gasteiger partial charge < -0.3 is 9.64 Å². The zero-order valence-electron chi connectivity index (χ0n) is 12.5. The lowest BCUT2D eigenvalue weighted by Gasteiger charge is -2.32. The number of thiazole rings is 1. The molecule has 0 saturated carbocycles. The molecule has 2 heterocycles. The third-order valence-electron chi connectivity index (χ3n) is 4.00. The molecule has 1 saturated heterocycles. The predicted octanol–water partition coefficient (Wildman–Crippen LogP) is 3.51. The SMILES string of the molecule is O=C(c1nc2ccccc2s1)N1CCOC(c2ccccc2)C1. The summed E-state index contributed by atoms with van der Waals surface area (Å²) in [5, 5.41) is 0.555. The number of benzene rings is 2. The Morgan fingerprint density at radius 1 is 1.13 bits per heavy atom. The fraction of sp³-hybridized carbons (Fsp3) is 0.222. The van der Waals surface area contributed by atoms with Crippen molar-refractivity contribution in [1.29, 1.82) is 0 Å². The molecular weight excluding hydrogens is 308 g/mol. The highest BCUT2D eigenvalue weighted by atomic mass is 32.1. The second-order valence-corrected chi connectivity index (χ2v) is 6.54. The summed E-state index contributed by atoms with van der Waals surface area (Å²) in [4.78, 5) is 19.1. The van der Waals surface area contributed by atoms with Crippen LogP contribution in [0.25, 0.3) is 10.2 Å². The van der Waals surface area contributed by atoms with E-state index in [0.29, 0.717) is 24.7 Å². The van der Waals surface area contributed by atoms with Crippen LogP contribution >= 0.6 is 11.3 Å². The number of carbonyl (C=O) groups excluding carboxylic acids is 1. The van der Waals surface area contributed by atoms with E-state index in [0.717, 1.165) is 15.8 Å². The number of fused-ring (bicyclic) bond motifs is 1. The second-order valence-electron chi connectivity index (χ2n) is 5.51. The summed E-state index contributed by atoms with van der Waals surface area (Å²) in [6.45, 7) is 1.73. The molecule has 1 fully saturated rings. The number of rotatable bonds is 2. The molecule has 1 aliphatic heterocycles. The van der Waals surface area contributed by atoms with Gasteiger partial charge in [-0.05, 0) is 17.7 Å². The lowest BCUT2D eigenvalue weighted by molar-refractivity contribution is -0.0228. The Balaban J connectivity index is 1.56. The van der Waals surface area contributed by atoms with Gasteiger partial charge in [-0.1, -0.05) is 42.5 Å². The van der Waals surface area contributed by atoms with Gasteiger partial charge in [0, 0.05) is 6.54 Å². The molecule has 116 valence electrons. The lowest BCUT2D eigenvalue weighted by atomic mass is 10.1. The number of morpholine rings is 1. The molecule has 1 unspecified atom stereocenters. The van der Waals surface area contributed by atoms with E-state index in [1.54, 1.807) is 0 Å². The van der Waals surface area contributed by atoms with E-state index in [4.69, 9.17) is 4.74 Å². The number of hydrogen-bond acceptors (Lipinski definition) is 4. The van der Waals surface area contributed by atoms with Gasteiger partial charge in [0.15, 0.2) is 5.01 Å². The molecular formula is C18H16N2O2S. The molecule has 0 bridgehead atoms. The summed E-state index contributed by atoms with van der Waals surface area (Å²) in [7, 11) is 0. The van der Waals surface area contributed by atoms with Gasteiger partial charge in [0.25, 0.3) is 5.91 Å². The molecule has 4 nitrogen and oxygen atoms in total. The van der Waals surface area contributed by atoms with Crippen LogP contribution in [-0.4, -0.2) is 35.5 Å². The first-order chi connectivity index (χ1) is 11.3. The highest BCUT2D eigenvalue weighted by Gasteiger charge is 2.27. The number of ether oxygens (including phenoxy) is 1. The first-order valence-electron chi connectivity index (χ1n) is 7.62. The van der Waals surface area contributed by atoms with Crippen molar-refractivity contribution in [2.45, 2.75) is 6.10 Å². The van der Waals surface area contributed by atoms with Crippen LogP contribution < -0.4 is 0 Å². The maximum Gasteiger partial charge on any atom is 0.283 e. The highest BCUT2D eigenvalue weighted by Crippen LogP contribution is 2.26. The topological polar surface area (TPSA) is 42.4 Å². The van der Waals surface area contributed by atoms with E-state index in [-0.39, 0.29) is 12.0 Å². The number of nitrogens with zero attached hydrogens (tertiary/aromatic N) is 2.